The molecule has 0 aromatic heterocycles. The normalized spacial score (nSPS) is 12.9. The summed E-state index contributed by atoms with van der Waals surface area (Å²) in [5.41, 5.74) is 2.47. The van der Waals surface area contributed by atoms with Crippen LogP contribution < -0.4 is 0 Å². The van der Waals surface area contributed by atoms with Gasteiger partial charge in [0.1, 0.15) is 6.10 Å². The van der Waals surface area contributed by atoms with Crippen LogP contribution >= 0.6 is 0 Å². The Morgan fingerprint density at radius 2 is 2.00 bits per heavy atom. The molecule has 19 heavy (non-hydrogen) atoms. The topological polar surface area (TPSA) is 26.3 Å². The maximum absolute atomic E-state index is 12.2. The van der Waals surface area contributed by atoms with Crippen molar-refractivity contribution in [2.45, 2.75) is 32.5 Å². The minimum atomic E-state index is -4.99. The Kier molecular flexibility index (Phi) is 4.75. The van der Waals surface area contributed by atoms with E-state index in [1.54, 1.807) is 18.2 Å². The van der Waals surface area contributed by atoms with Crippen LogP contribution in [-0.4, -0.2) is 12.1 Å². The highest BCUT2D eigenvalue weighted by molar-refractivity contribution is 5.75. The molecule has 104 valence electrons. The summed E-state index contributed by atoms with van der Waals surface area (Å²) in [6, 6.07) is 5.15. The fraction of sp³-hybridized carbons (Fsp3) is 0.357. The second-order valence-corrected chi connectivity index (χ2v) is 4.26. The first-order chi connectivity index (χ1) is 8.75. The zero-order valence-electron chi connectivity index (χ0n) is 10.8. The largest absolute Gasteiger partial charge is 0.490 e. The predicted octanol–water partition coefficient (Wildman–Crippen LogP) is 4.03. The number of esters is 1. The van der Waals surface area contributed by atoms with Gasteiger partial charge in [-0.1, -0.05) is 24.3 Å². The van der Waals surface area contributed by atoms with Gasteiger partial charge in [-0.3, -0.25) is 0 Å². The summed E-state index contributed by atoms with van der Waals surface area (Å²) in [5.74, 6) is -2.18. The lowest BCUT2D eigenvalue weighted by Crippen LogP contribution is -2.27. The molecule has 1 aromatic carbocycles. The molecule has 1 unspecified atom stereocenters. The third-order valence-electron chi connectivity index (χ3n) is 2.76. The van der Waals surface area contributed by atoms with E-state index in [2.05, 4.69) is 11.3 Å². The SMILES string of the molecule is C=CCC(OC(=O)C(F)(F)F)c1ccc(C)c(C)c1. The molecule has 2 nitrogen and oxygen atoms in total. The van der Waals surface area contributed by atoms with E-state index in [1.165, 1.54) is 6.08 Å². The van der Waals surface area contributed by atoms with Gasteiger partial charge in [-0.2, -0.15) is 13.2 Å². The zero-order valence-corrected chi connectivity index (χ0v) is 10.8. The van der Waals surface area contributed by atoms with Crippen molar-refractivity contribution in [2.24, 2.45) is 0 Å². The number of ether oxygens (including phenoxy) is 1. The Morgan fingerprint density at radius 3 is 2.47 bits per heavy atom. The lowest BCUT2D eigenvalue weighted by atomic mass is 10.0. The minimum absolute atomic E-state index is 0.129. The van der Waals surface area contributed by atoms with Crippen molar-refractivity contribution in [1.29, 1.82) is 0 Å². The summed E-state index contributed by atoms with van der Waals surface area (Å²) in [6.45, 7) is 7.20. The molecule has 0 saturated carbocycles. The van der Waals surface area contributed by atoms with Crippen LogP contribution in [0.2, 0.25) is 0 Å². The van der Waals surface area contributed by atoms with Crippen LogP contribution in [0.15, 0.2) is 30.9 Å². The highest BCUT2D eigenvalue weighted by atomic mass is 19.4. The van der Waals surface area contributed by atoms with E-state index in [0.717, 1.165) is 11.1 Å². The summed E-state index contributed by atoms with van der Waals surface area (Å²) in [4.78, 5) is 10.9. The van der Waals surface area contributed by atoms with Crippen molar-refractivity contribution in [3.05, 3.63) is 47.5 Å². The van der Waals surface area contributed by atoms with Crippen molar-refractivity contribution in [3.8, 4) is 0 Å². The highest BCUT2D eigenvalue weighted by Crippen LogP contribution is 2.27. The van der Waals surface area contributed by atoms with Gasteiger partial charge in [0.05, 0.1) is 0 Å². The molecule has 0 bridgehead atoms. The number of carbonyl (C=O) groups excluding carboxylic acids is 1. The summed E-state index contributed by atoms with van der Waals surface area (Å²) >= 11 is 0. The molecule has 1 aromatic rings. The smallest absolute Gasteiger partial charge is 0.451 e. The average Bonchev–Trinajstić information content (AvgIpc) is 2.31. The summed E-state index contributed by atoms with van der Waals surface area (Å²) in [7, 11) is 0. The third kappa shape index (κ3) is 4.12. The summed E-state index contributed by atoms with van der Waals surface area (Å²) in [6.07, 6.45) is -4.40. The van der Waals surface area contributed by atoms with E-state index in [0.29, 0.717) is 5.56 Å². The molecule has 0 radical (unpaired) electrons. The number of benzene rings is 1. The number of alkyl halides is 3. The minimum Gasteiger partial charge on any atom is -0.451 e. The molecule has 0 saturated heterocycles. The van der Waals surface area contributed by atoms with E-state index in [9.17, 15) is 18.0 Å². The van der Waals surface area contributed by atoms with Gasteiger partial charge in [-0.05, 0) is 30.5 Å². The monoisotopic (exact) mass is 272 g/mol. The molecule has 0 N–H and O–H groups in total. The van der Waals surface area contributed by atoms with Crippen LogP contribution in [0.1, 0.15) is 29.2 Å². The van der Waals surface area contributed by atoms with Crippen molar-refractivity contribution in [3.63, 3.8) is 0 Å². The molecule has 0 aliphatic rings. The molecule has 0 heterocycles. The van der Waals surface area contributed by atoms with Gasteiger partial charge >= 0.3 is 12.1 Å². The maximum atomic E-state index is 12.2. The lowest BCUT2D eigenvalue weighted by molar-refractivity contribution is -0.205. The Bertz CT molecular complexity index is 478. The summed E-state index contributed by atoms with van der Waals surface area (Å²) in [5, 5.41) is 0. The first-order valence-electron chi connectivity index (χ1n) is 5.71. The standard InChI is InChI=1S/C14H15F3O2/c1-4-5-12(19-13(18)14(15,16)17)11-7-6-9(2)10(3)8-11/h4,6-8,12H,1,5H2,2-3H3. The average molecular weight is 272 g/mol. The molecular weight excluding hydrogens is 257 g/mol. The Morgan fingerprint density at radius 1 is 1.37 bits per heavy atom. The van der Waals surface area contributed by atoms with Crippen molar-refractivity contribution >= 4 is 5.97 Å². The van der Waals surface area contributed by atoms with Gasteiger partial charge in [-0.25, -0.2) is 4.79 Å². The molecule has 0 aliphatic heterocycles. The van der Waals surface area contributed by atoms with Crippen LogP contribution in [0, 0.1) is 13.8 Å². The quantitative estimate of drug-likeness (QED) is 0.611. The van der Waals surface area contributed by atoms with Gasteiger partial charge in [0, 0.05) is 6.42 Å². The van der Waals surface area contributed by atoms with Crippen LogP contribution in [0.4, 0.5) is 13.2 Å². The molecule has 0 fully saturated rings. The van der Waals surface area contributed by atoms with E-state index < -0.39 is 18.2 Å². The Balaban J connectivity index is 2.97. The number of rotatable bonds is 4. The Hall–Kier alpha value is -1.78. The highest BCUT2D eigenvalue weighted by Gasteiger charge is 2.42. The number of hydrogen-bond donors (Lipinski definition) is 0. The van der Waals surface area contributed by atoms with Gasteiger partial charge in [0.25, 0.3) is 0 Å². The number of aryl methyl sites for hydroxylation is 2. The maximum Gasteiger partial charge on any atom is 0.490 e. The van der Waals surface area contributed by atoms with Gasteiger partial charge < -0.3 is 4.74 Å². The molecule has 0 aliphatic carbocycles. The van der Waals surface area contributed by atoms with Gasteiger partial charge in [0.15, 0.2) is 0 Å². The van der Waals surface area contributed by atoms with E-state index in [-0.39, 0.29) is 6.42 Å². The zero-order chi connectivity index (χ0) is 14.6. The number of halogens is 3. The molecule has 1 atom stereocenters. The first-order valence-corrected chi connectivity index (χ1v) is 5.71. The molecule has 0 amide bonds. The number of carbonyl (C=O) groups is 1. The van der Waals surface area contributed by atoms with Crippen LogP contribution in [0.5, 0.6) is 0 Å². The molecular formula is C14H15F3O2. The van der Waals surface area contributed by atoms with Crippen LogP contribution in [-0.2, 0) is 9.53 Å². The molecule has 0 spiro atoms. The van der Waals surface area contributed by atoms with Crippen molar-refractivity contribution in [2.75, 3.05) is 0 Å². The fourth-order valence-electron chi connectivity index (χ4n) is 1.56. The van der Waals surface area contributed by atoms with Crippen molar-refractivity contribution in [1.82, 2.24) is 0 Å². The fourth-order valence-corrected chi connectivity index (χ4v) is 1.56. The van der Waals surface area contributed by atoms with Gasteiger partial charge in [-0.15, -0.1) is 6.58 Å². The molecule has 1 rings (SSSR count). The van der Waals surface area contributed by atoms with Crippen LogP contribution in [0.3, 0.4) is 0 Å². The third-order valence-corrected chi connectivity index (χ3v) is 2.76. The second kappa shape index (κ2) is 5.91. The second-order valence-electron chi connectivity index (χ2n) is 4.26. The number of hydrogen-bond acceptors (Lipinski definition) is 2. The van der Waals surface area contributed by atoms with E-state index >= 15 is 0 Å². The van der Waals surface area contributed by atoms with E-state index in [4.69, 9.17) is 0 Å². The Labute approximate surface area is 109 Å². The van der Waals surface area contributed by atoms with Crippen LogP contribution in [0.25, 0.3) is 0 Å². The first kappa shape index (κ1) is 15.3. The van der Waals surface area contributed by atoms with E-state index in [1.807, 2.05) is 13.8 Å². The molecule has 5 heteroatoms. The summed E-state index contributed by atoms with van der Waals surface area (Å²) < 4.78 is 41.1. The van der Waals surface area contributed by atoms with Crippen molar-refractivity contribution < 1.29 is 22.7 Å². The lowest BCUT2D eigenvalue weighted by Gasteiger charge is -2.18. The van der Waals surface area contributed by atoms with Gasteiger partial charge in [0.2, 0.25) is 0 Å². The predicted molar refractivity (Wildman–Crippen MR) is 65.6 cm³/mol.